The van der Waals surface area contributed by atoms with Gasteiger partial charge in [-0.15, -0.1) is 0 Å². The molecule has 3 rings (SSSR count). The van der Waals surface area contributed by atoms with E-state index in [0.29, 0.717) is 5.71 Å². The van der Waals surface area contributed by atoms with Crippen LogP contribution < -0.4 is 15.7 Å². The lowest BCUT2D eigenvalue weighted by molar-refractivity contribution is -0.584. The predicted octanol–water partition coefficient (Wildman–Crippen LogP) is 6.76. The summed E-state index contributed by atoms with van der Waals surface area (Å²) in [6.45, 7) is 24.4. The van der Waals surface area contributed by atoms with Crippen LogP contribution in [-0.4, -0.2) is 80.4 Å². The Labute approximate surface area is 272 Å². The molecule has 3 aliphatic rings. The molecule has 1 aliphatic carbocycles. The number of nitrogens with zero attached hydrogens (tertiary/aromatic N) is 2. The number of carbonyl (C=O) groups excluding carboxylic acids is 1. The Balaban J connectivity index is 1.88. The second kappa shape index (κ2) is 15.8. The van der Waals surface area contributed by atoms with Gasteiger partial charge in [-0.3, -0.25) is 9.69 Å². The fourth-order valence-corrected chi connectivity index (χ4v) is 9.29. The first kappa shape index (κ1) is 37.6. The first-order chi connectivity index (χ1) is 20.5. The molecule has 2 heterocycles. The third-order valence-electron chi connectivity index (χ3n) is 10.5. The summed E-state index contributed by atoms with van der Waals surface area (Å²) in [6, 6.07) is -0.0604. The highest BCUT2D eigenvalue weighted by atomic mass is 16.3. The van der Waals surface area contributed by atoms with Gasteiger partial charge in [-0.25, -0.2) is 4.58 Å². The summed E-state index contributed by atoms with van der Waals surface area (Å²) < 4.78 is 2.33. The highest BCUT2D eigenvalue weighted by Crippen LogP contribution is 2.36. The minimum absolute atomic E-state index is 0.0282. The SMILES string of the molecule is CCCCCCCCN(C1CC(C)(C)NC(C)(C)C1)C1C(=O)C(=[N+](CCCCCCCC)C2CC(C)(C)NC(C)(C)C2)C1[O-]. The molecule has 2 aliphatic heterocycles. The van der Waals surface area contributed by atoms with E-state index < -0.39 is 12.1 Å². The second-order valence-corrected chi connectivity index (χ2v) is 17.5. The van der Waals surface area contributed by atoms with Gasteiger partial charge >= 0.3 is 0 Å². The number of rotatable bonds is 17. The van der Waals surface area contributed by atoms with Gasteiger partial charge in [0.05, 0.1) is 6.04 Å². The zero-order valence-corrected chi connectivity index (χ0v) is 30.7. The molecule has 3 fully saturated rings. The average molecular weight is 617 g/mol. The van der Waals surface area contributed by atoms with E-state index in [-0.39, 0.29) is 40.0 Å². The molecule has 0 aromatic carbocycles. The van der Waals surface area contributed by atoms with Crippen LogP contribution in [0.25, 0.3) is 0 Å². The molecule has 0 spiro atoms. The lowest BCUT2D eigenvalue weighted by Crippen LogP contribution is -2.76. The molecule has 0 aromatic rings. The maximum absolute atomic E-state index is 14.4. The summed E-state index contributed by atoms with van der Waals surface area (Å²) in [5, 5.41) is 22.1. The van der Waals surface area contributed by atoms with Gasteiger partial charge < -0.3 is 15.7 Å². The quantitative estimate of drug-likeness (QED) is 0.140. The maximum atomic E-state index is 14.4. The molecule has 0 amide bonds. The fraction of sp³-hybridized carbons (Fsp3) is 0.947. The fourth-order valence-electron chi connectivity index (χ4n) is 9.29. The molecule has 44 heavy (non-hydrogen) atoms. The molecule has 1 saturated carbocycles. The average Bonchev–Trinajstić information content (AvgIpc) is 2.87. The van der Waals surface area contributed by atoms with Gasteiger partial charge in [0.1, 0.15) is 6.54 Å². The summed E-state index contributed by atoms with van der Waals surface area (Å²) in [5.74, 6) is 0.130. The van der Waals surface area contributed by atoms with Crippen molar-refractivity contribution in [2.24, 2.45) is 0 Å². The van der Waals surface area contributed by atoms with Gasteiger partial charge in [0.15, 0.2) is 6.04 Å². The second-order valence-electron chi connectivity index (χ2n) is 17.5. The largest absolute Gasteiger partial charge is 0.843 e. The van der Waals surface area contributed by atoms with Crippen molar-refractivity contribution < 1.29 is 14.5 Å². The van der Waals surface area contributed by atoms with Crippen LogP contribution in [-0.2, 0) is 4.79 Å². The Morgan fingerprint density at radius 1 is 0.682 bits per heavy atom. The zero-order chi connectivity index (χ0) is 32.8. The highest BCUT2D eigenvalue weighted by Gasteiger charge is 2.54. The molecule has 2 saturated heterocycles. The third-order valence-corrected chi connectivity index (χ3v) is 10.5. The van der Waals surface area contributed by atoms with Crippen molar-refractivity contribution >= 4 is 11.5 Å². The van der Waals surface area contributed by atoms with Crippen LogP contribution in [0.15, 0.2) is 0 Å². The van der Waals surface area contributed by atoms with Crippen LogP contribution in [0.1, 0.15) is 172 Å². The van der Waals surface area contributed by atoms with Crippen molar-refractivity contribution in [2.75, 3.05) is 13.1 Å². The van der Waals surface area contributed by atoms with Crippen LogP contribution >= 0.6 is 0 Å². The Kier molecular flexibility index (Phi) is 13.6. The van der Waals surface area contributed by atoms with Crippen molar-refractivity contribution in [3.8, 4) is 0 Å². The molecule has 2 unspecified atom stereocenters. The van der Waals surface area contributed by atoms with Crippen LogP contribution in [0.4, 0.5) is 0 Å². The smallest absolute Gasteiger partial charge is 0.236 e. The van der Waals surface area contributed by atoms with Crippen molar-refractivity contribution in [2.45, 2.75) is 218 Å². The topological polar surface area (TPSA) is 70.4 Å². The Hall–Kier alpha value is -0.820. The van der Waals surface area contributed by atoms with Gasteiger partial charge in [0.25, 0.3) is 0 Å². The summed E-state index contributed by atoms with van der Waals surface area (Å²) in [6.07, 6.45) is 17.5. The predicted molar refractivity (Wildman–Crippen MR) is 185 cm³/mol. The number of piperidine rings is 2. The first-order valence-corrected chi connectivity index (χ1v) is 18.7. The van der Waals surface area contributed by atoms with Gasteiger partial charge in [0.2, 0.25) is 11.5 Å². The molecular formula is C38H72N4O2. The molecular weight excluding hydrogens is 544 g/mol. The summed E-state index contributed by atoms with van der Waals surface area (Å²) >= 11 is 0. The van der Waals surface area contributed by atoms with Gasteiger partial charge in [-0.1, -0.05) is 71.6 Å². The van der Waals surface area contributed by atoms with E-state index in [0.717, 1.165) is 51.6 Å². The number of ketones is 1. The summed E-state index contributed by atoms with van der Waals surface area (Å²) in [4.78, 5) is 16.8. The van der Waals surface area contributed by atoms with Gasteiger partial charge in [-0.05, 0) is 93.7 Å². The van der Waals surface area contributed by atoms with E-state index in [9.17, 15) is 9.90 Å². The number of hydrogen-bond donors (Lipinski definition) is 2. The van der Waals surface area contributed by atoms with E-state index in [4.69, 9.17) is 0 Å². The Morgan fingerprint density at radius 3 is 1.59 bits per heavy atom. The van der Waals surface area contributed by atoms with Crippen LogP contribution in [0.3, 0.4) is 0 Å². The molecule has 2 atom stereocenters. The standard InChI is InChI=1S/C38H72N4O2/c1-11-13-15-17-19-21-23-41(29-25-35(3,4)39-36(5,6)26-29)31-33(43)32(34(31)44)42(24-22-20-18-16-14-12-2)30-27-37(7,8)40-38(9,10)28-30/h29-31,33,39-40H,11-28H2,1-10H3. The van der Waals surface area contributed by atoms with Crippen molar-refractivity contribution in [3.05, 3.63) is 0 Å². The van der Waals surface area contributed by atoms with Crippen LogP contribution in [0.2, 0.25) is 0 Å². The van der Waals surface area contributed by atoms with Gasteiger partial charge in [-0.2, -0.15) is 0 Å². The van der Waals surface area contributed by atoms with E-state index in [1.54, 1.807) is 0 Å². The Bertz CT molecular complexity index is 920. The normalized spacial score (nSPS) is 27.9. The number of carbonyl (C=O) groups is 1. The zero-order valence-electron chi connectivity index (χ0n) is 30.7. The Morgan fingerprint density at radius 2 is 1.11 bits per heavy atom. The van der Waals surface area contributed by atoms with Crippen molar-refractivity contribution in [1.29, 1.82) is 0 Å². The number of nitrogens with one attached hydrogen (secondary N) is 2. The molecule has 6 heteroatoms. The third kappa shape index (κ3) is 10.6. The van der Waals surface area contributed by atoms with E-state index in [1.165, 1.54) is 64.2 Å². The van der Waals surface area contributed by atoms with Crippen LogP contribution in [0.5, 0.6) is 0 Å². The number of Topliss-reactive ketones (excluding diaryl/α,β-unsaturated/α-hetero) is 1. The molecule has 0 aromatic heterocycles. The molecule has 0 bridgehead atoms. The van der Waals surface area contributed by atoms with Crippen molar-refractivity contribution in [3.63, 3.8) is 0 Å². The lowest BCUT2D eigenvalue weighted by atomic mass is 9.75. The minimum Gasteiger partial charge on any atom is -0.843 e. The maximum Gasteiger partial charge on any atom is 0.236 e. The number of unbranched alkanes of at least 4 members (excludes halogenated alkanes) is 10. The van der Waals surface area contributed by atoms with Crippen LogP contribution in [0, 0.1) is 0 Å². The summed E-state index contributed by atoms with van der Waals surface area (Å²) in [5.41, 5.74) is 0.474. The minimum atomic E-state index is -0.954. The summed E-state index contributed by atoms with van der Waals surface area (Å²) in [7, 11) is 0. The van der Waals surface area contributed by atoms with E-state index in [1.807, 2.05) is 0 Å². The number of hydrogen-bond acceptors (Lipinski definition) is 5. The van der Waals surface area contributed by atoms with Gasteiger partial charge in [0, 0.05) is 47.5 Å². The van der Waals surface area contributed by atoms with Crippen molar-refractivity contribution in [1.82, 2.24) is 15.5 Å². The lowest BCUT2D eigenvalue weighted by Gasteiger charge is -2.55. The molecule has 6 nitrogen and oxygen atoms in total. The molecule has 2 N–H and O–H groups in total. The molecule has 256 valence electrons. The molecule has 0 radical (unpaired) electrons. The highest BCUT2D eigenvalue weighted by molar-refractivity contribution is 6.48. The van der Waals surface area contributed by atoms with E-state index >= 15 is 0 Å². The monoisotopic (exact) mass is 617 g/mol. The first-order valence-electron chi connectivity index (χ1n) is 18.7. The van der Waals surface area contributed by atoms with E-state index in [2.05, 4.69) is 89.3 Å².